The van der Waals surface area contributed by atoms with Gasteiger partial charge in [0.15, 0.2) is 11.6 Å². The summed E-state index contributed by atoms with van der Waals surface area (Å²) in [6, 6.07) is 11.8. The van der Waals surface area contributed by atoms with Gasteiger partial charge in [-0.3, -0.25) is 9.48 Å². The van der Waals surface area contributed by atoms with Crippen molar-refractivity contribution in [3.8, 4) is 11.4 Å². The molecule has 9 nitrogen and oxygen atoms in total. The van der Waals surface area contributed by atoms with Gasteiger partial charge in [-0.1, -0.05) is 18.2 Å². The first-order chi connectivity index (χ1) is 19.9. The average Bonchev–Trinajstić information content (AvgIpc) is 3.56. The molecule has 1 saturated carbocycles. The van der Waals surface area contributed by atoms with E-state index in [1.54, 1.807) is 34.8 Å². The van der Waals surface area contributed by atoms with Crippen LogP contribution in [-0.4, -0.2) is 58.2 Å². The highest BCUT2D eigenvalue weighted by Crippen LogP contribution is 2.39. The molecule has 10 heteroatoms. The van der Waals surface area contributed by atoms with Gasteiger partial charge in [-0.25, -0.2) is 9.07 Å². The second-order valence-corrected chi connectivity index (χ2v) is 10.9. The lowest BCUT2D eigenvalue weighted by molar-refractivity contribution is 0.0945. The van der Waals surface area contributed by atoms with Crippen LogP contribution in [0.3, 0.4) is 0 Å². The van der Waals surface area contributed by atoms with Gasteiger partial charge in [0.2, 0.25) is 0 Å². The fourth-order valence-electron chi connectivity index (χ4n) is 5.48. The molecule has 0 saturated heterocycles. The van der Waals surface area contributed by atoms with Gasteiger partial charge >= 0.3 is 0 Å². The molecule has 1 aliphatic carbocycles. The van der Waals surface area contributed by atoms with E-state index in [1.807, 2.05) is 12.3 Å². The van der Waals surface area contributed by atoms with E-state index in [0.29, 0.717) is 35.0 Å². The Labute approximate surface area is 238 Å². The number of aromatic nitrogens is 4. The number of rotatable bonds is 10. The van der Waals surface area contributed by atoms with E-state index < -0.39 is 5.82 Å². The van der Waals surface area contributed by atoms with Crippen LogP contribution in [0.15, 0.2) is 48.8 Å². The lowest BCUT2D eigenvalue weighted by Gasteiger charge is -2.25. The van der Waals surface area contributed by atoms with Crippen LogP contribution in [0.5, 0.6) is 5.75 Å². The van der Waals surface area contributed by atoms with Crippen LogP contribution in [0.4, 0.5) is 4.39 Å². The molecule has 2 aliphatic rings. The third kappa shape index (κ3) is 5.75. The van der Waals surface area contributed by atoms with Crippen molar-refractivity contribution in [2.45, 2.75) is 51.4 Å². The van der Waals surface area contributed by atoms with Gasteiger partial charge in [0.25, 0.3) is 5.91 Å². The third-order valence-corrected chi connectivity index (χ3v) is 7.86. The predicted octanol–water partition coefficient (Wildman–Crippen LogP) is 4.21. The summed E-state index contributed by atoms with van der Waals surface area (Å²) in [5.41, 5.74) is 6.60. The normalized spacial score (nSPS) is 15.1. The first-order valence-corrected chi connectivity index (χ1v) is 14.0. The molecule has 1 fully saturated rings. The number of carbonyl (C=O) groups is 1. The van der Waals surface area contributed by atoms with Gasteiger partial charge in [-0.2, -0.15) is 10.2 Å². The van der Waals surface area contributed by atoms with Crippen LogP contribution in [0.2, 0.25) is 0 Å². The van der Waals surface area contributed by atoms with Crippen LogP contribution in [0.25, 0.3) is 5.69 Å². The number of ether oxygens (including phenoxy) is 2. The molecule has 4 aromatic rings. The van der Waals surface area contributed by atoms with E-state index in [1.165, 1.54) is 18.2 Å². The summed E-state index contributed by atoms with van der Waals surface area (Å²) in [5, 5.41) is 12.2. The minimum atomic E-state index is -0.528. The van der Waals surface area contributed by atoms with E-state index in [0.717, 1.165) is 43.6 Å². The maximum absolute atomic E-state index is 15.5. The highest BCUT2D eigenvalue weighted by molar-refractivity contribution is 5.95. The summed E-state index contributed by atoms with van der Waals surface area (Å²) < 4.78 is 29.5. The molecule has 2 aromatic heterocycles. The average molecular weight is 559 g/mol. The Kier molecular flexibility index (Phi) is 7.59. The SMILES string of the molecule is COCc1nn(Cc2ccc3c(c2)CN(C)CC3)cc1C(=O)NCc1c(-n2ccc(C3CC3)n2)ccc(OC)c1F. The fourth-order valence-corrected chi connectivity index (χ4v) is 5.48. The zero-order chi connectivity index (χ0) is 28.5. The Morgan fingerprint density at radius 1 is 1.12 bits per heavy atom. The third-order valence-electron chi connectivity index (χ3n) is 7.86. The smallest absolute Gasteiger partial charge is 0.255 e. The highest BCUT2D eigenvalue weighted by atomic mass is 19.1. The van der Waals surface area contributed by atoms with Crippen molar-refractivity contribution >= 4 is 5.91 Å². The number of carbonyl (C=O) groups excluding carboxylic acids is 1. The second kappa shape index (κ2) is 11.5. The van der Waals surface area contributed by atoms with Gasteiger partial charge in [-0.05, 0) is 61.2 Å². The van der Waals surface area contributed by atoms with Gasteiger partial charge < -0.3 is 19.7 Å². The maximum Gasteiger partial charge on any atom is 0.255 e. The maximum atomic E-state index is 15.5. The number of likely N-dealkylation sites (N-methyl/N-ethyl adjacent to an activating group) is 1. The topological polar surface area (TPSA) is 86.4 Å². The predicted molar refractivity (Wildman–Crippen MR) is 152 cm³/mol. The van der Waals surface area contributed by atoms with Gasteiger partial charge in [-0.15, -0.1) is 0 Å². The molecule has 0 spiro atoms. The van der Waals surface area contributed by atoms with Crippen molar-refractivity contribution in [3.63, 3.8) is 0 Å². The van der Waals surface area contributed by atoms with Crippen molar-refractivity contribution in [2.75, 3.05) is 27.8 Å². The monoisotopic (exact) mass is 558 g/mol. The number of hydrogen-bond acceptors (Lipinski definition) is 6. The van der Waals surface area contributed by atoms with Crippen LogP contribution < -0.4 is 10.1 Å². The molecule has 3 heterocycles. The number of amides is 1. The first-order valence-electron chi connectivity index (χ1n) is 14.0. The quantitative estimate of drug-likeness (QED) is 0.314. The minimum Gasteiger partial charge on any atom is -0.494 e. The largest absolute Gasteiger partial charge is 0.494 e. The van der Waals surface area contributed by atoms with E-state index in [2.05, 4.69) is 45.7 Å². The fraction of sp³-hybridized carbons (Fsp3) is 0.387. The number of fused-ring (bicyclic) bond motifs is 1. The Bertz CT molecular complexity index is 1570. The van der Waals surface area contributed by atoms with E-state index in [-0.39, 0.29) is 24.8 Å². The van der Waals surface area contributed by atoms with Crippen molar-refractivity contribution < 1.29 is 18.7 Å². The number of hydrogen-bond donors (Lipinski definition) is 1. The summed E-state index contributed by atoms with van der Waals surface area (Å²) >= 11 is 0. The molecule has 2 aromatic carbocycles. The molecule has 1 N–H and O–H groups in total. The number of methoxy groups -OCH3 is 2. The molecule has 6 rings (SSSR count). The molecule has 1 amide bonds. The van der Waals surface area contributed by atoms with E-state index >= 15 is 4.39 Å². The van der Waals surface area contributed by atoms with E-state index in [4.69, 9.17) is 9.47 Å². The van der Waals surface area contributed by atoms with Crippen LogP contribution >= 0.6 is 0 Å². The lowest BCUT2D eigenvalue weighted by atomic mass is 9.98. The molecule has 0 bridgehead atoms. The number of nitrogens with zero attached hydrogens (tertiary/aromatic N) is 5. The standard InChI is InChI=1S/C31H35FN6O3/c1-36-12-10-21-5-4-20(14-23(21)17-36)16-37-18-25(27(34-37)19-40-2)31(39)33-15-24-28(8-9-29(41-3)30(24)32)38-13-11-26(35-38)22-6-7-22/h4-5,8-9,11,13-14,18,22H,6-7,10,12,15-17,19H2,1-3H3,(H,33,39). The van der Waals surface area contributed by atoms with Crippen molar-refractivity contribution in [3.05, 3.63) is 93.8 Å². The Morgan fingerprint density at radius 2 is 1.98 bits per heavy atom. The highest BCUT2D eigenvalue weighted by Gasteiger charge is 2.27. The molecule has 0 radical (unpaired) electrons. The van der Waals surface area contributed by atoms with Crippen molar-refractivity contribution in [2.24, 2.45) is 0 Å². The number of nitrogens with one attached hydrogen (secondary N) is 1. The number of halogens is 1. The molecular weight excluding hydrogens is 523 g/mol. The summed E-state index contributed by atoms with van der Waals surface area (Å²) in [6.45, 7) is 2.65. The molecule has 214 valence electrons. The van der Waals surface area contributed by atoms with Crippen molar-refractivity contribution in [1.82, 2.24) is 29.8 Å². The molecule has 41 heavy (non-hydrogen) atoms. The summed E-state index contributed by atoms with van der Waals surface area (Å²) in [7, 11) is 5.12. The summed E-state index contributed by atoms with van der Waals surface area (Å²) in [4.78, 5) is 15.7. The van der Waals surface area contributed by atoms with Gasteiger partial charge in [0.05, 0.1) is 37.2 Å². The van der Waals surface area contributed by atoms with Crippen molar-refractivity contribution in [1.29, 1.82) is 0 Å². The van der Waals surface area contributed by atoms with Crippen LogP contribution in [-0.2, 0) is 37.4 Å². The summed E-state index contributed by atoms with van der Waals surface area (Å²) in [6.07, 6.45) is 6.86. The Hall–Kier alpha value is -4.02. The first kappa shape index (κ1) is 27.2. The zero-order valence-corrected chi connectivity index (χ0v) is 23.7. The lowest BCUT2D eigenvalue weighted by Crippen LogP contribution is -2.26. The molecule has 0 unspecified atom stereocenters. The molecular formula is C31H35FN6O3. The Morgan fingerprint density at radius 3 is 2.76 bits per heavy atom. The van der Waals surface area contributed by atoms with E-state index in [9.17, 15) is 4.79 Å². The second-order valence-electron chi connectivity index (χ2n) is 10.9. The minimum absolute atomic E-state index is 0.0498. The van der Waals surface area contributed by atoms with Gasteiger partial charge in [0, 0.05) is 50.6 Å². The zero-order valence-electron chi connectivity index (χ0n) is 23.7. The number of benzene rings is 2. The summed E-state index contributed by atoms with van der Waals surface area (Å²) in [5.74, 6) is -0.306. The molecule has 0 atom stereocenters. The Balaban J connectivity index is 1.22. The van der Waals surface area contributed by atoms with Crippen LogP contribution in [0.1, 0.15) is 62.8 Å². The van der Waals surface area contributed by atoms with Gasteiger partial charge in [0.1, 0.15) is 5.69 Å². The van der Waals surface area contributed by atoms with Crippen LogP contribution in [0, 0.1) is 5.82 Å². The molecule has 1 aliphatic heterocycles.